The fourth-order valence-corrected chi connectivity index (χ4v) is 2.22. The number of ether oxygens (including phenoxy) is 1. The molecule has 0 aliphatic rings. The number of anilines is 1. The smallest absolute Gasteiger partial charge is 0.314 e. The van der Waals surface area contributed by atoms with E-state index in [1.54, 1.807) is 0 Å². The Bertz CT molecular complexity index is 592. The van der Waals surface area contributed by atoms with Gasteiger partial charge >= 0.3 is 5.97 Å². The van der Waals surface area contributed by atoms with E-state index >= 15 is 0 Å². The molecule has 20 heavy (non-hydrogen) atoms. The first-order chi connectivity index (χ1) is 9.67. The average molecular weight is 275 g/mol. The molecule has 0 aliphatic carbocycles. The van der Waals surface area contributed by atoms with Crippen molar-refractivity contribution in [3.63, 3.8) is 0 Å². The van der Waals surface area contributed by atoms with Gasteiger partial charge in [0, 0.05) is 29.3 Å². The van der Waals surface area contributed by atoms with Crippen LogP contribution in [0.4, 0.5) is 5.69 Å². The molecule has 0 aliphatic heterocycles. The maximum atomic E-state index is 12.1. The molecule has 1 atom stereocenters. The summed E-state index contributed by atoms with van der Waals surface area (Å²) >= 11 is 0. The van der Waals surface area contributed by atoms with Crippen molar-refractivity contribution in [2.45, 2.75) is 25.7 Å². The van der Waals surface area contributed by atoms with Gasteiger partial charge in [0.05, 0.1) is 12.5 Å². The van der Waals surface area contributed by atoms with E-state index in [4.69, 9.17) is 16.2 Å². The van der Waals surface area contributed by atoms with Crippen molar-refractivity contribution in [2.24, 2.45) is 5.73 Å². The quantitative estimate of drug-likeness (QED) is 0.427. The van der Waals surface area contributed by atoms with Crippen LogP contribution in [0, 0.1) is 0 Å². The van der Waals surface area contributed by atoms with Crippen molar-refractivity contribution in [3.05, 3.63) is 30.0 Å². The van der Waals surface area contributed by atoms with Crippen LogP contribution in [-0.4, -0.2) is 24.1 Å². The highest BCUT2D eigenvalue weighted by molar-refractivity contribution is 5.91. The monoisotopic (exact) mass is 275 g/mol. The minimum absolute atomic E-state index is 0.224. The summed E-state index contributed by atoms with van der Waals surface area (Å²) < 4.78 is 5.27. The van der Waals surface area contributed by atoms with Gasteiger partial charge in [0.1, 0.15) is 0 Å². The lowest BCUT2D eigenvalue weighted by atomic mass is 9.98. The number of hydrogen-bond donors (Lipinski definition) is 3. The SMILES string of the molecule is CCCCOC(=O)C(CN)c1c[nH]c2cc(N)ccc12. The van der Waals surface area contributed by atoms with E-state index in [9.17, 15) is 4.79 Å². The summed E-state index contributed by atoms with van der Waals surface area (Å²) in [6.07, 6.45) is 3.67. The fraction of sp³-hybridized carbons (Fsp3) is 0.400. The molecule has 1 aromatic carbocycles. The Morgan fingerprint density at radius 1 is 1.45 bits per heavy atom. The van der Waals surface area contributed by atoms with Gasteiger partial charge in [-0.3, -0.25) is 4.79 Å². The summed E-state index contributed by atoms with van der Waals surface area (Å²) in [7, 11) is 0. The zero-order valence-electron chi connectivity index (χ0n) is 11.7. The van der Waals surface area contributed by atoms with E-state index in [0.717, 1.165) is 29.3 Å². The van der Waals surface area contributed by atoms with E-state index in [0.29, 0.717) is 12.3 Å². The number of nitrogens with one attached hydrogen (secondary N) is 1. The number of carbonyl (C=O) groups excluding carboxylic acids is 1. The van der Waals surface area contributed by atoms with Gasteiger partial charge in [-0.2, -0.15) is 0 Å². The third kappa shape index (κ3) is 2.93. The zero-order valence-corrected chi connectivity index (χ0v) is 11.7. The number of nitrogens with two attached hydrogens (primary N) is 2. The van der Waals surface area contributed by atoms with Gasteiger partial charge in [0.15, 0.2) is 0 Å². The Labute approximate surface area is 118 Å². The van der Waals surface area contributed by atoms with E-state index in [1.165, 1.54) is 0 Å². The molecule has 0 spiro atoms. The maximum absolute atomic E-state index is 12.1. The third-order valence-electron chi connectivity index (χ3n) is 3.38. The number of H-pyrrole nitrogens is 1. The third-order valence-corrected chi connectivity index (χ3v) is 3.38. The number of carbonyl (C=O) groups is 1. The fourth-order valence-electron chi connectivity index (χ4n) is 2.22. The minimum atomic E-state index is -0.441. The molecule has 0 saturated carbocycles. The summed E-state index contributed by atoms with van der Waals surface area (Å²) in [5, 5.41) is 0.960. The second-order valence-corrected chi connectivity index (χ2v) is 4.86. The summed E-state index contributed by atoms with van der Waals surface area (Å²) in [6, 6.07) is 5.56. The largest absolute Gasteiger partial charge is 0.465 e. The van der Waals surface area contributed by atoms with Crippen molar-refractivity contribution in [2.75, 3.05) is 18.9 Å². The number of nitrogen functional groups attached to an aromatic ring is 1. The highest BCUT2D eigenvalue weighted by Gasteiger charge is 2.23. The summed E-state index contributed by atoms with van der Waals surface area (Å²) in [6.45, 7) is 2.72. The molecule has 108 valence electrons. The number of benzene rings is 1. The molecule has 0 fully saturated rings. The normalized spacial score (nSPS) is 12.5. The number of hydrogen-bond acceptors (Lipinski definition) is 4. The molecule has 0 amide bonds. The van der Waals surface area contributed by atoms with Gasteiger partial charge in [0.2, 0.25) is 0 Å². The number of unbranched alkanes of at least 4 members (excludes halogenated alkanes) is 1. The van der Waals surface area contributed by atoms with Gasteiger partial charge in [-0.15, -0.1) is 0 Å². The van der Waals surface area contributed by atoms with Crippen LogP contribution in [0.3, 0.4) is 0 Å². The topological polar surface area (TPSA) is 94.1 Å². The number of esters is 1. The van der Waals surface area contributed by atoms with Gasteiger partial charge in [-0.25, -0.2) is 0 Å². The first kappa shape index (κ1) is 14.4. The molecular formula is C15H21N3O2. The Morgan fingerprint density at radius 3 is 2.95 bits per heavy atom. The lowest BCUT2D eigenvalue weighted by molar-refractivity contribution is -0.145. The van der Waals surface area contributed by atoms with E-state index in [2.05, 4.69) is 11.9 Å². The highest BCUT2D eigenvalue weighted by Crippen LogP contribution is 2.27. The van der Waals surface area contributed by atoms with Gasteiger partial charge in [-0.05, 0) is 24.1 Å². The average Bonchev–Trinajstić information content (AvgIpc) is 2.83. The maximum Gasteiger partial charge on any atom is 0.314 e. The van der Waals surface area contributed by atoms with Gasteiger partial charge in [-0.1, -0.05) is 19.4 Å². The molecule has 5 heteroatoms. The van der Waals surface area contributed by atoms with Crippen LogP contribution in [-0.2, 0) is 9.53 Å². The first-order valence-electron chi connectivity index (χ1n) is 6.90. The zero-order chi connectivity index (χ0) is 14.5. The van der Waals surface area contributed by atoms with E-state index in [-0.39, 0.29) is 12.5 Å². The predicted molar refractivity (Wildman–Crippen MR) is 80.4 cm³/mol. The molecule has 1 aromatic heterocycles. The lowest BCUT2D eigenvalue weighted by Gasteiger charge is -2.13. The number of aromatic amines is 1. The van der Waals surface area contributed by atoms with Gasteiger partial charge in [0.25, 0.3) is 0 Å². The Hall–Kier alpha value is -2.01. The molecular weight excluding hydrogens is 254 g/mol. The molecule has 5 nitrogen and oxygen atoms in total. The highest BCUT2D eigenvalue weighted by atomic mass is 16.5. The van der Waals surface area contributed by atoms with Crippen LogP contribution in [0.5, 0.6) is 0 Å². The van der Waals surface area contributed by atoms with Crippen molar-refractivity contribution >= 4 is 22.6 Å². The molecule has 2 rings (SSSR count). The predicted octanol–water partition coefficient (Wildman–Crippen LogP) is 2.14. The van der Waals surface area contributed by atoms with Crippen molar-refractivity contribution in [1.29, 1.82) is 0 Å². The molecule has 0 saturated heterocycles. The standard InChI is InChI=1S/C15H21N3O2/c1-2-3-6-20-15(19)12(8-16)13-9-18-14-7-10(17)4-5-11(13)14/h4-5,7,9,12,18H,2-3,6,8,16-17H2,1H3. The summed E-state index contributed by atoms with van der Waals surface area (Å²) in [5.74, 6) is -0.706. The van der Waals surface area contributed by atoms with Crippen molar-refractivity contribution < 1.29 is 9.53 Å². The van der Waals surface area contributed by atoms with Crippen LogP contribution >= 0.6 is 0 Å². The molecule has 2 aromatic rings. The summed E-state index contributed by atoms with van der Waals surface area (Å²) in [4.78, 5) is 15.2. The van der Waals surface area contributed by atoms with E-state index < -0.39 is 5.92 Å². The van der Waals surface area contributed by atoms with Gasteiger partial charge < -0.3 is 21.2 Å². The number of fused-ring (bicyclic) bond motifs is 1. The van der Waals surface area contributed by atoms with Crippen LogP contribution < -0.4 is 11.5 Å². The Morgan fingerprint density at radius 2 is 2.25 bits per heavy atom. The molecule has 0 bridgehead atoms. The number of aromatic nitrogens is 1. The van der Waals surface area contributed by atoms with Crippen molar-refractivity contribution in [1.82, 2.24) is 4.98 Å². The molecule has 0 radical (unpaired) electrons. The second-order valence-electron chi connectivity index (χ2n) is 4.86. The van der Waals surface area contributed by atoms with Crippen LogP contribution in [0.25, 0.3) is 10.9 Å². The minimum Gasteiger partial charge on any atom is -0.465 e. The van der Waals surface area contributed by atoms with Crippen LogP contribution in [0.2, 0.25) is 0 Å². The molecule has 5 N–H and O–H groups in total. The number of rotatable bonds is 6. The van der Waals surface area contributed by atoms with Crippen molar-refractivity contribution in [3.8, 4) is 0 Å². The Kier molecular flexibility index (Phi) is 4.63. The van der Waals surface area contributed by atoms with E-state index in [1.807, 2.05) is 24.4 Å². The Balaban J connectivity index is 2.23. The summed E-state index contributed by atoms with van der Waals surface area (Å²) in [5.41, 5.74) is 13.9. The second kappa shape index (κ2) is 6.43. The lowest BCUT2D eigenvalue weighted by Crippen LogP contribution is -2.24. The van der Waals surface area contributed by atoms with Crippen LogP contribution in [0.1, 0.15) is 31.2 Å². The van der Waals surface area contributed by atoms with Crippen LogP contribution in [0.15, 0.2) is 24.4 Å². The molecule has 1 heterocycles. The first-order valence-corrected chi connectivity index (χ1v) is 6.90. The molecule has 1 unspecified atom stereocenters.